The van der Waals surface area contributed by atoms with Gasteiger partial charge in [-0.3, -0.25) is 14.3 Å². The molecule has 3 heterocycles. The third-order valence-corrected chi connectivity index (χ3v) is 7.37. The molecule has 2 aromatic carbocycles. The summed E-state index contributed by atoms with van der Waals surface area (Å²) in [5.41, 5.74) is 0.523. The van der Waals surface area contributed by atoms with Crippen molar-refractivity contribution in [2.75, 3.05) is 38.6 Å². The van der Waals surface area contributed by atoms with Gasteiger partial charge in [0.25, 0.3) is 0 Å². The second-order valence-electron chi connectivity index (χ2n) is 9.91. The van der Waals surface area contributed by atoms with Crippen LogP contribution in [0.1, 0.15) is 41.5 Å². The molecule has 38 heavy (non-hydrogen) atoms. The number of amides is 1. The van der Waals surface area contributed by atoms with Gasteiger partial charge in [-0.2, -0.15) is 13.2 Å². The molecule has 0 atom stereocenters. The molecule has 1 saturated heterocycles. The molecule has 2 aliphatic rings. The van der Waals surface area contributed by atoms with E-state index in [1.54, 1.807) is 30.0 Å². The molecule has 0 spiro atoms. The molecular formula is C26H27ClF4N6O. The molecule has 1 aromatic heterocycles. The number of piperidine rings is 1. The van der Waals surface area contributed by atoms with E-state index in [1.165, 1.54) is 12.1 Å². The highest BCUT2D eigenvalue weighted by Crippen LogP contribution is 2.38. The van der Waals surface area contributed by atoms with Crippen molar-refractivity contribution in [2.45, 2.75) is 38.0 Å². The lowest BCUT2D eigenvalue weighted by molar-refractivity contribution is -0.140. The maximum atomic E-state index is 14.7. The van der Waals surface area contributed by atoms with Crippen molar-refractivity contribution >= 4 is 23.2 Å². The maximum Gasteiger partial charge on any atom is 0.419 e. The SMILES string of the molecule is CN(C)C(=O)CN1Cc2cc(Cl)ccc2-n2c(nnc2C2CCN(c3cccc(C(F)(F)F)c3F)CC2)C1. The molecule has 1 fully saturated rings. The molecule has 0 aliphatic carbocycles. The highest BCUT2D eigenvalue weighted by atomic mass is 35.5. The molecule has 2 aliphatic heterocycles. The van der Waals surface area contributed by atoms with Crippen LogP contribution in [0.3, 0.4) is 0 Å². The summed E-state index contributed by atoms with van der Waals surface area (Å²) < 4.78 is 56.4. The van der Waals surface area contributed by atoms with Crippen LogP contribution >= 0.6 is 11.6 Å². The molecule has 7 nitrogen and oxygen atoms in total. The molecule has 0 saturated carbocycles. The zero-order chi connectivity index (χ0) is 27.2. The Morgan fingerprint density at radius 1 is 1.08 bits per heavy atom. The van der Waals surface area contributed by atoms with Crippen LogP contribution in [0.4, 0.5) is 23.2 Å². The average Bonchev–Trinajstić information content (AvgIpc) is 3.20. The van der Waals surface area contributed by atoms with E-state index in [-0.39, 0.29) is 24.1 Å². The Morgan fingerprint density at radius 2 is 1.82 bits per heavy atom. The van der Waals surface area contributed by atoms with Crippen LogP contribution in [0, 0.1) is 5.82 Å². The van der Waals surface area contributed by atoms with Gasteiger partial charge in [0, 0.05) is 44.7 Å². The predicted molar refractivity (Wildman–Crippen MR) is 135 cm³/mol. The second kappa shape index (κ2) is 10.2. The normalized spacial score (nSPS) is 16.7. The minimum atomic E-state index is -4.75. The Kier molecular flexibility index (Phi) is 7.08. The van der Waals surface area contributed by atoms with Crippen LogP contribution in [-0.4, -0.2) is 64.2 Å². The van der Waals surface area contributed by atoms with Gasteiger partial charge in [-0.1, -0.05) is 17.7 Å². The summed E-state index contributed by atoms with van der Waals surface area (Å²) in [5.74, 6) is 0.135. The summed E-state index contributed by atoms with van der Waals surface area (Å²) in [6.45, 7) is 1.88. The number of hydrogen-bond donors (Lipinski definition) is 0. The van der Waals surface area contributed by atoms with Crippen molar-refractivity contribution in [1.82, 2.24) is 24.6 Å². The van der Waals surface area contributed by atoms with E-state index in [4.69, 9.17) is 11.6 Å². The Bertz CT molecular complexity index is 1350. The van der Waals surface area contributed by atoms with Gasteiger partial charge < -0.3 is 9.80 Å². The molecule has 3 aromatic rings. The molecule has 202 valence electrons. The summed E-state index contributed by atoms with van der Waals surface area (Å²) in [4.78, 5) is 17.6. The van der Waals surface area contributed by atoms with Gasteiger partial charge in [0.15, 0.2) is 11.6 Å². The summed E-state index contributed by atoms with van der Waals surface area (Å²) in [6, 6.07) is 8.97. The van der Waals surface area contributed by atoms with E-state index < -0.39 is 17.6 Å². The van der Waals surface area contributed by atoms with E-state index in [0.717, 1.165) is 23.1 Å². The number of aromatic nitrogens is 3. The number of carbonyl (C=O) groups excluding carboxylic acids is 1. The quantitative estimate of drug-likeness (QED) is 0.434. The van der Waals surface area contributed by atoms with Crippen molar-refractivity contribution < 1.29 is 22.4 Å². The van der Waals surface area contributed by atoms with Crippen LogP contribution in [0.25, 0.3) is 5.69 Å². The highest BCUT2D eigenvalue weighted by molar-refractivity contribution is 6.30. The minimum Gasteiger partial charge on any atom is -0.369 e. The van der Waals surface area contributed by atoms with Gasteiger partial charge in [0.2, 0.25) is 5.91 Å². The second-order valence-corrected chi connectivity index (χ2v) is 10.4. The van der Waals surface area contributed by atoms with E-state index >= 15 is 0 Å². The van der Waals surface area contributed by atoms with Crippen molar-refractivity contribution in [3.05, 3.63) is 70.0 Å². The van der Waals surface area contributed by atoms with E-state index in [2.05, 4.69) is 10.2 Å². The van der Waals surface area contributed by atoms with Crippen molar-refractivity contribution in [3.8, 4) is 5.69 Å². The van der Waals surface area contributed by atoms with Crippen LogP contribution in [0.5, 0.6) is 0 Å². The molecule has 5 rings (SSSR count). The number of nitrogens with zero attached hydrogens (tertiary/aromatic N) is 6. The van der Waals surface area contributed by atoms with Gasteiger partial charge >= 0.3 is 6.18 Å². The lowest BCUT2D eigenvalue weighted by Crippen LogP contribution is -2.35. The Hall–Kier alpha value is -3.18. The number of carbonyl (C=O) groups is 1. The van der Waals surface area contributed by atoms with E-state index in [9.17, 15) is 22.4 Å². The third kappa shape index (κ3) is 5.09. The fraction of sp³-hybridized carbons (Fsp3) is 0.423. The Labute approximate surface area is 222 Å². The number of hydrogen-bond acceptors (Lipinski definition) is 5. The molecule has 0 N–H and O–H groups in total. The fourth-order valence-corrected chi connectivity index (χ4v) is 5.36. The number of rotatable bonds is 4. The van der Waals surface area contributed by atoms with Gasteiger partial charge in [0.1, 0.15) is 5.82 Å². The Balaban J connectivity index is 1.41. The zero-order valence-corrected chi connectivity index (χ0v) is 21.7. The first kappa shape index (κ1) is 26.4. The topological polar surface area (TPSA) is 57.5 Å². The van der Waals surface area contributed by atoms with Crippen molar-refractivity contribution in [1.29, 1.82) is 0 Å². The first-order valence-electron chi connectivity index (χ1n) is 12.3. The zero-order valence-electron chi connectivity index (χ0n) is 21.0. The van der Waals surface area contributed by atoms with Gasteiger partial charge in [-0.25, -0.2) is 4.39 Å². The molecule has 0 unspecified atom stereocenters. The van der Waals surface area contributed by atoms with E-state index in [0.29, 0.717) is 49.9 Å². The minimum absolute atomic E-state index is 0.0279. The largest absolute Gasteiger partial charge is 0.419 e. The van der Waals surface area contributed by atoms with Crippen LogP contribution < -0.4 is 4.90 Å². The summed E-state index contributed by atoms with van der Waals surface area (Å²) in [6.07, 6.45) is -3.61. The third-order valence-electron chi connectivity index (χ3n) is 7.14. The van der Waals surface area contributed by atoms with Crippen LogP contribution in [-0.2, 0) is 24.1 Å². The smallest absolute Gasteiger partial charge is 0.369 e. The number of halogens is 5. The van der Waals surface area contributed by atoms with Crippen LogP contribution in [0.15, 0.2) is 36.4 Å². The lowest BCUT2D eigenvalue weighted by Gasteiger charge is -2.34. The lowest BCUT2D eigenvalue weighted by atomic mass is 9.95. The Morgan fingerprint density at radius 3 is 2.50 bits per heavy atom. The van der Waals surface area contributed by atoms with Gasteiger partial charge in [-0.15, -0.1) is 10.2 Å². The van der Waals surface area contributed by atoms with Crippen LogP contribution in [0.2, 0.25) is 5.02 Å². The standard InChI is InChI=1S/C26H27ClF4N6O/c1-34(2)23(38)15-35-13-17-12-18(27)6-7-20(17)37-22(14-35)32-33-25(37)16-8-10-36(11-9-16)21-5-3-4-19(24(21)28)26(29,30)31/h3-7,12,16H,8-11,13-15H2,1-2H3. The fourth-order valence-electron chi connectivity index (χ4n) is 5.16. The van der Waals surface area contributed by atoms with Gasteiger partial charge in [-0.05, 0) is 48.7 Å². The van der Waals surface area contributed by atoms with Crippen molar-refractivity contribution in [3.63, 3.8) is 0 Å². The highest BCUT2D eigenvalue weighted by Gasteiger charge is 2.37. The first-order valence-corrected chi connectivity index (χ1v) is 12.7. The number of anilines is 1. The monoisotopic (exact) mass is 550 g/mol. The maximum absolute atomic E-state index is 14.7. The summed E-state index contributed by atoms with van der Waals surface area (Å²) in [7, 11) is 3.42. The number of likely N-dealkylation sites (N-methyl/N-ethyl adjacent to an activating group) is 1. The van der Waals surface area contributed by atoms with E-state index in [1.807, 2.05) is 21.6 Å². The first-order chi connectivity index (χ1) is 18.0. The summed E-state index contributed by atoms with van der Waals surface area (Å²) >= 11 is 6.31. The number of fused-ring (bicyclic) bond motifs is 3. The van der Waals surface area contributed by atoms with Gasteiger partial charge in [0.05, 0.1) is 30.0 Å². The number of benzene rings is 2. The molecule has 12 heteroatoms. The predicted octanol–water partition coefficient (Wildman–Crippen LogP) is 4.87. The van der Waals surface area contributed by atoms with Crippen molar-refractivity contribution in [2.24, 2.45) is 0 Å². The average molecular weight is 551 g/mol. The molecule has 1 amide bonds. The molecule has 0 radical (unpaired) electrons. The number of alkyl halides is 3. The summed E-state index contributed by atoms with van der Waals surface area (Å²) in [5, 5.41) is 9.55. The molecule has 0 bridgehead atoms. The molecular weight excluding hydrogens is 524 g/mol.